The highest BCUT2D eigenvalue weighted by molar-refractivity contribution is 7.89. The summed E-state index contributed by atoms with van der Waals surface area (Å²) in [7, 11) is -2.22. The van der Waals surface area contributed by atoms with Gasteiger partial charge in [-0.05, 0) is 24.5 Å². The lowest BCUT2D eigenvalue weighted by molar-refractivity contribution is 0.255. The molecule has 1 unspecified atom stereocenters. The van der Waals surface area contributed by atoms with Gasteiger partial charge in [-0.25, -0.2) is 13.1 Å². The van der Waals surface area contributed by atoms with Gasteiger partial charge < -0.3 is 9.84 Å². The Balaban J connectivity index is 3.03. The number of aliphatic hydroxyl groups is 1. The minimum absolute atomic E-state index is 0.0582. The van der Waals surface area contributed by atoms with E-state index in [0.717, 1.165) is 0 Å². The number of sulfonamides is 1. The zero-order valence-corrected chi connectivity index (χ0v) is 12.3. The number of rotatable bonds is 7. The summed E-state index contributed by atoms with van der Waals surface area (Å²) in [6.45, 7) is 3.76. The zero-order chi connectivity index (χ0) is 14.5. The molecule has 0 fully saturated rings. The minimum Gasteiger partial charge on any atom is -0.495 e. The van der Waals surface area contributed by atoms with Gasteiger partial charge in [0, 0.05) is 12.6 Å². The van der Waals surface area contributed by atoms with Gasteiger partial charge in [0.1, 0.15) is 10.6 Å². The highest BCUT2D eigenvalue weighted by Gasteiger charge is 2.24. The molecule has 1 rings (SSSR count). The quantitative estimate of drug-likeness (QED) is 0.794. The van der Waals surface area contributed by atoms with Gasteiger partial charge in [-0.2, -0.15) is 0 Å². The number of para-hydroxylation sites is 1. The number of hydrogen-bond acceptors (Lipinski definition) is 4. The van der Waals surface area contributed by atoms with Crippen LogP contribution in [0.1, 0.15) is 20.3 Å². The van der Waals surface area contributed by atoms with E-state index >= 15 is 0 Å². The van der Waals surface area contributed by atoms with Gasteiger partial charge in [-0.15, -0.1) is 0 Å². The van der Waals surface area contributed by atoms with Crippen LogP contribution < -0.4 is 9.46 Å². The molecular weight excluding hydrogens is 266 g/mol. The predicted octanol–water partition coefficient (Wildman–Crippen LogP) is 1.38. The van der Waals surface area contributed by atoms with Crippen molar-refractivity contribution < 1.29 is 18.3 Å². The second-order valence-corrected chi connectivity index (χ2v) is 6.32. The fraction of sp³-hybridized carbons (Fsp3) is 0.538. The Kier molecular flexibility index (Phi) is 5.78. The van der Waals surface area contributed by atoms with E-state index in [1.807, 2.05) is 13.8 Å². The molecule has 0 bridgehead atoms. The third-order valence-corrected chi connectivity index (χ3v) is 4.44. The summed E-state index contributed by atoms with van der Waals surface area (Å²) in [5.41, 5.74) is 0. The molecule has 0 saturated heterocycles. The normalized spacial score (nSPS) is 13.5. The lowest BCUT2D eigenvalue weighted by Crippen LogP contribution is -2.39. The first-order valence-corrected chi connectivity index (χ1v) is 7.67. The van der Waals surface area contributed by atoms with Gasteiger partial charge >= 0.3 is 0 Å². The Hall–Kier alpha value is -1.11. The predicted molar refractivity (Wildman–Crippen MR) is 73.6 cm³/mol. The van der Waals surface area contributed by atoms with Gasteiger partial charge in [-0.3, -0.25) is 0 Å². The minimum atomic E-state index is -3.66. The van der Waals surface area contributed by atoms with Gasteiger partial charge in [0.05, 0.1) is 7.11 Å². The van der Waals surface area contributed by atoms with Crippen LogP contribution in [0.15, 0.2) is 29.2 Å². The fourth-order valence-corrected chi connectivity index (χ4v) is 3.36. The summed E-state index contributed by atoms with van der Waals surface area (Å²) in [6.07, 6.45) is 0.381. The maximum Gasteiger partial charge on any atom is 0.244 e. The molecule has 0 aromatic heterocycles. The second-order valence-electron chi connectivity index (χ2n) is 4.63. The van der Waals surface area contributed by atoms with Crippen molar-refractivity contribution in [3.8, 4) is 5.75 Å². The molecule has 0 aliphatic heterocycles. The molecule has 6 heteroatoms. The van der Waals surface area contributed by atoms with E-state index < -0.39 is 10.0 Å². The van der Waals surface area contributed by atoms with Gasteiger partial charge in [0.15, 0.2) is 0 Å². The van der Waals surface area contributed by atoms with Crippen LogP contribution in [0.2, 0.25) is 0 Å². The molecule has 5 nitrogen and oxygen atoms in total. The largest absolute Gasteiger partial charge is 0.495 e. The highest BCUT2D eigenvalue weighted by Crippen LogP contribution is 2.23. The summed E-state index contributed by atoms with van der Waals surface area (Å²) in [6, 6.07) is 6.15. The molecule has 0 heterocycles. The molecule has 1 atom stereocenters. The van der Waals surface area contributed by atoms with E-state index in [4.69, 9.17) is 9.84 Å². The molecule has 0 radical (unpaired) electrons. The van der Waals surface area contributed by atoms with Gasteiger partial charge in [0.25, 0.3) is 0 Å². The topological polar surface area (TPSA) is 75.6 Å². The maximum absolute atomic E-state index is 12.3. The van der Waals surface area contributed by atoms with Crippen LogP contribution in [-0.2, 0) is 10.0 Å². The van der Waals surface area contributed by atoms with Gasteiger partial charge in [0.2, 0.25) is 10.0 Å². The van der Waals surface area contributed by atoms with Crippen LogP contribution >= 0.6 is 0 Å². The van der Waals surface area contributed by atoms with Crippen LogP contribution in [0.4, 0.5) is 0 Å². The van der Waals surface area contributed by atoms with E-state index in [9.17, 15) is 8.42 Å². The Morgan fingerprint density at radius 2 is 1.95 bits per heavy atom. The van der Waals surface area contributed by atoms with Crippen LogP contribution in [0.3, 0.4) is 0 Å². The van der Waals surface area contributed by atoms with E-state index in [1.165, 1.54) is 13.2 Å². The second kappa shape index (κ2) is 6.88. The van der Waals surface area contributed by atoms with Crippen molar-refractivity contribution in [3.05, 3.63) is 24.3 Å². The first-order valence-electron chi connectivity index (χ1n) is 6.18. The van der Waals surface area contributed by atoms with E-state index in [-0.39, 0.29) is 23.5 Å². The van der Waals surface area contributed by atoms with E-state index in [2.05, 4.69) is 4.72 Å². The molecule has 2 N–H and O–H groups in total. The summed E-state index contributed by atoms with van der Waals surface area (Å²) >= 11 is 0. The molecular formula is C13H21NO4S. The van der Waals surface area contributed by atoms with E-state index in [0.29, 0.717) is 12.2 Å². The molecule has 0 amide bonds. The van der Waals surface area contributed by atoms with Crippen LogP contribution in [0.25, 0.3) is 0 Å². The van der Waals surface area contributed by atoms with Crippen molar-refractivity contribution in [1.29, 1.82) is 0 Å². The lowest BCUT2D eigenvalue weighted by atomic mass is 10.0. The zero-order valence-electron chi connectivity index (χ0n) is 11.5. The summed E-state index contributed by atoms with van der Waals surface area (Å²) in [4.78, 5) is 0.112. The number of methoxy groups -OCH3 is 1. The highest BCUT2D eigenvalue weighted by atomic mass is 32.2. The molecule has 0 aliphatic rings. The monoisotopic (exact) mass is 287 g/mol. The molecule has 108 valence electrons. The first-order chi connectivity index (χ1) is 8.92. The standard InChI is InChI=1S/C13H21NO4S/c1-10(2)11(8-9-15)14-19(16,17)13-7-5-4-6-12(13)18-3/h4-7,10-11,14-15H,8-9H2,1-3H3. The van der Waals surface area contributed by atoms with Crippen molar-refractivity contribution in [2.45, 2.75) is 31.2 Å². The molecule has 0 aliphatic carbocycles. The Labute approximate surface area is 114 Å². The molecule has 1 aromatic rings. The van der Waals surface area contributed by atoms with Gasteiger partial charge in [-0.1, -0.05) is 26.0 Å². The molecule has 0 saturated carbocycles. The Morgan fingerprint density at radius 1 is 1.32 bits per heavy atom. The van der Waals surface area contributed by atoms with Crippen molar-refractivity contribution in [3.63, 3.8) is 0 Å². The fourth-order valence-electron chi connectivity index (χ4n) is 1.77. The Morgan fingerprint density at radius 3 is 2.47 bits per heavy atom. The van der Waals surface area contributed by atoms with Crippen LogP contribution in [0, 0.1) is 5.92 Å². The third kappa shape index (κ3) is 4.19. The maximum atomic E-state index is 12.3. The average Bonchev–Trinajstić information content (AvgIpc) is 2.38. The number of aliphatic hydroxyl groups excluding tert-OH is 1. The summed E-state index contributed by atoms with van der Waals surface area (Å²) < 4.78 is 32.3. The summed E-state index contributed by atoms with van der Waals surface area (Å²) in [5, 5.41) is 8.99. The SMILES string of the molecule is COc1ccccc1S(=O)(=O)NC(CCO)C(C)C. The van der Waals surface area contributed by atoms with Crippen LogP contribution in [0.5, 0.6) is 5.75 Å². The average molecular weight is 287 g/mol. The van der Waals surface area contributed by atoms with Crippen molar-refractivity contribution in [1.82, 2.24) is 4.72 Å². The number of hydrogen-bond donors (Lipinski definition) is 2. The number of nitrogens with one attached hydrogen (secondary N) is 1. The number of benzene rings is 1. The third-order valence-electron chi connectivity index (χ3n) is 2.91. The van der Waals surface area contributed by atoms with Crippen molar-refractivity contribution in [2.75, 3.05) is 13.7 Å². The van der Waals surface area contributed by atoms with Crippen molar-refractivity contribution >= 4 is 10.0 Å². The molecule has 1 aromatic carbocycles. The number of ether oxygens (including phenoxy) is 1. The molecule has 19 heavy (non-hydrogen) atoms. The van der Waals surface area contributed by atoms with E-state index in [1.54, 1.807) is 18.2 Å². The Bertz CT molecular complexity index is 499. The van der Waals surface area contributed by atoms with Crippen molar-refractivity contribution in [2.24, 2.45) is 5.92 Å². The molecule has 0 spiro atoms. The smallest absolute Gasteiger partial charge is 0.244 e. The first kappa shape index (κ1) is 15.9. The lowest BCUT2D eigenvalue weighted by Gasteiger charge is -2.22. The van der Waals surface area contributed by atoms with Crippen LogP contribution in [-0.4, -0.2) is 33.3 Å². The summed E-state index contributed by atoms with van der Waals surface area (Å²) in [5.74, 6) is 0.401.